The summed E-state index contributed by atoms with van der Waals surface area (Å²) in [6, 6.07) is 0. The summed E-state index contributed by atoms with van der Waals surface area (Å²) < 4.78 is 5.17. The summed E-state index contributed by atoms with van der Waals surface area (Å²) in [5.74, 6) is 0. The van der Waals surface area contributed by atoms with Gasteiger partial charge in [0, 0.05) is 13.1 Å². The Balaban J connectivity index is 3.69. The van der Waals surface area contributed by atoms with Crippen LogP contribution in [0.2, 0.25) is 0 Å². The van der Waals surface area contributed by atoms with Gasteiger partial charge in [-0.2, -0.15) is 0 Å². The van der Waals surface area contributed by atoms with Crippen molar-refractivity contribution in [2.24, 2.45) is 0 Å². The maximum atomic E-state index is 5.17. The van der Waals surface area contributed by atoms with Gasteiger partial charge in [0.2, 0.25) is 0 Å². The Hall–Kier alpha value is -0.570. The highest BCUT2D eigenvalue weighted by Gasteiger charge is 2.03. The molecule has 0 spiro atoms. The van der Waals surface area contributed by atoms with Crippen LogP contribution in [0.1, 0.15) is 13.8 Å². The van der Waals surface area contributed by atoms with Gasteiger partial charge in [-0.25, -0.2) is 0 Å². The molecule has 0 fully saturated rings. The van der Waals surface area contributed by atoms with E-state index in [2.05, 4.69) is 6.58 Å². The fourth-order valence-electron chi connectivity index (χ4n) is 0.703. The first-order chi connectivity index (χ1) is 5.26. The molecule has 0 aliphatic carbocycles. The van der Waals surface area contributed by atoms with E-state index >= 15 is 0 Å². The van der Waals surface area contributed by atoms with Gasteiger partial charge in [0.05, 0.1) is 0 Å². The number of ether oxygens (including phenoxy) is 1. The van der Waals surface area contributed by atoms with E-state index in [-0.39, 0.29) is 0 Å². The highest BCUT2D eigenvalue weighted by atomic mass is 32.1. The van der Waals surface area contributed by atoms with Crippen LogP contribution in [0.25, 0.3) is 0 Å². The van der Waals surface area contributed by atoms with Gasteiger partial charge in [0.1, 0.15) is 6.61 Å². The van der Waals surface area contributed by atoms with E-state index in [1.165, 1.54) is 0 Å². The van der Waals surface area contributed by atoms with Crippen LogP contribution in [0.4, 0.5) is 0 Å². The zero-order valence-electron chi connectivity index (χ0n) is 7.17. The van der Waals surface area contributed by atoms with Crippen LogP contribution in [0, 0.1) is 0 Å². The van der Waals surface area contributed by atoms with Gasteiger partial charge in [-0.05, 0) is 26.1 Å². The molecule has 11 heavy (non-hydrogen) atoms. The summed E-state index contributed by atoms with van der Waals surface area (Å²) in [6.45, 7) is 9.92. The number of nitrogens with zero attached hydrogens (tertiary/aromatic N) is 1. The van der Waals surface area contributed by atoms with Crippen molar-refractivity contribution in [3.05, 3.63) is 12.7 Å². The summed E-state index contributed by atoms with van der Waals surface area (Å²) >= 11 is 5.00. The number of thiocarbonyl (C=S) groups is 1. The highest BCUT2D eigenvalue weighted by Crippen LogP contribution is 1.93. The third-order valence-electron chi connectivity index (χ3n) is 1.35. The summed E-state index contributed by atoms with van der Waals surface area (Å²) in [4.78, 5) is 1.98. The SMILES string of the molecule is C=CCOC(=S)N(CC)CC. The minimum Gasteiger partial charge on any atom is -0.467 e. The van der Waals surface area contributed by atoms with Gasteiger partial charge in [-0.1, -0.05) is 12.7 Å². The minimum absolute atomic E-state index is 0.495. The average molecular weight is 173 g/mol. The molecule has 0 aromatic rings. The van der Waals surface area contributed by atoms with E-state index in [4.69, 9.17) is 17.0 Å². The quantitative estimate of drug-likeness (QED) is 0.475. The van der Waals surface area contributed by atoms with Crippen LogP contribution < -0.4 is 0 Å². The minimum atomic E-state index is 0.495. The predicted molar refractivity (Wildman–Crippen MR) is 51.7 cm³/mol. The van der Waals surface area contributed by atoms with E-state index in [0.29, 0.717) is 11.8 Å². The molecule has 0 aromatic carbocycles. The first-order valence-corrected chi connectivity index (χ1v) is 4.19. The van der Waals surface area contributed by atoms with Crippen molar-refractivity contribution < 1.29 is 4.74 Å². The van der Waals surface area contributed by atoms with Gasteiger partial charge in [0.25, 0.3) is 5.17 Å². The normalized spacial score (nSPS) is 8.91. The van der Waals surface area contributed by atoms with Crippen molar-refractivity contribution in [2.45, 2.75) is 13.8 Å². The van der Waals surface area contributed by atoms with E-state index in [1.807, 2.05) is 18.7 Å². The lowest BCUT2D eigenvalue weighted by Crippen LogP contribution is -2.30. The first-order valence-electron chi connectivity index (χ1n) is 3.78. The topological polar surface area (TPSA) is 12.5 Å². The lowest BCUT2D eigenvalue weighted by atomic mass is 10.6. The molecular weight excluding hydrogens is 158 g/mol. The molecule has 0 heterocycles. The number of hydrogen-bond acceptors (Lipinski definition) is 2. The van der Waals surface area contributed by atoms with Gasteiger partial charge in [-0.3, -0.25) is 0 Å². The zero-order valence-corrected chi connectivity index (χ0v) is 7.99. The molecule has 2 nitrogen and oxygen atoms in total. The van der Waals surface area contributed by atoms with Crippen molar-refractivity contribution in [3.8, 4) is 0 Å². The van der Waals surface area contributed by atoms with Crippen molar-refractivity contribution >= 4 is 17.4 Å². The van der Waals surface area contributed by atoms with Crippen molar-refractivity contribution in [2.75, 3.05) is 19.7 Å². The Morgan fingerprint density at radius 1 is 1.55 bits per heavy atom. The second kappa shape index (κ2) is 6.16. The number of rotatable bonds is 4. The zero-order chi connectivity index (χ0) is 8.69. The van der Waals surface area contributed by atoms with Crippen molar-refractivity contribution in [3.63, 3.8) is 0 Å². The molecular formula is C8H15NOS. The molecule has 0 bridgehead atoms. The lowest BCUT2D eigenvalue weighted by Gasteiger charge is -2.20. The smallest absolute Gasteiger partial charge is 0.259 e. The molecule has 64 valence electrons. The molecule has 0 unspecified atom stereocenters. The molecule has 0 aliphatic rings. The fourth-order valence-corrected chi connectivity index (χ4v) is 1.03. The summed E-state index contributed by atoms with van der Waals surface area (Å²) in [7, 11) is 0. The third kappa shape index (κ3) is 3.98. The highest BCUT2D eigenvalue weighted by molar-refractivity contribution is 7.80. The molecule has 0 N–H and O–H groups in total. The summed E-state index contributed by atoms with van der Waals surface area (Å²) in [6.07, 6.45) is 1.69. The van der Waals surface area contributed by atoms with Crippen LogP contribution in [0.3, 0.4) is 0 Å². The molecule has 0 aromatic heterocycles. The Bertz CT molecular complexity index is 132. The number of hydrogen-bond donors (Lipinski definition) is 0. The first kappa shape index (κ1) is 10.4. The van der Waals surface area contributed by atoms with Gasteiger partial charge in [0.15, 0.2) is 0 Å². The van der Waals surface area contributed by atoms with Crippen molar-refractivity contribution in [1.82, 2.24) is 4.90 Å². The molecule has 0 radical (unpaired) electrons. The van der Waals surface area contributed by atoms with Crippen LogP contribution in [-0.2, 0) is 4.74 Å². The predicted octanol–water partition coefficient (Wildman–Crippen LogP) is 1.82. The fraction of sp³-hybridized carbons (Fsp3) is 0.625. The molecule has 0 saturated carbocycles. The van der Waals surface area contributed by atoms with Crippen LogP contribution in [0.15, 0.2) is 12.7 Å². The lowest BCUT2D eigenvalue weighted by molar-refractivity contribution is 0.278. The van der Waals surface area contributed by atoms with E-state index in [0.717, 1.165) is 13.1 Å². The van der Waals surface area contributed by atoms with Gasteiger partial charge >= 0.3 is 0 Å². The van der Waals surface area contributed by atoms with Crippen LogP contribution >= 0.6 is 12.2 Å². The Kier molecular flexibility index (Phi) is 5.84. The Morgan fingerprint density at radius 2 is 2.09 bits per heavy atom. The molecule has 0 aliphatic heterocycles. The van der Waals surface area contributed by atoms with Gasteiger partial charge < -0.3 is 9.64 Å². The summed E-state index contributed by atoms with van der Waals surface area (Å²) in [5, 5.41) is 0.565. The monoisotopic (exact) mass is 173 g/mol. The van der Waals surface area contributed by atoms with Crippen molar-refractivity contribution in [1.29, 1.82) is 0 Å². The Morgan fingerprint density at radius 3 is 2.45 bits per heavy atom. The second-order valence-corrected chi connectivity index (χ2v) is 2.39. The van der Waals surface area contributed by atoms with Crippen LogP contribution in [0.5, 0.6) is 0 Å². The molecule has 0 atom stereocenters. The molecule has 0 amide bonds. The largest absolute Gasteiger partial charge is 0.467 e. The average Bonchev–Trinajstić information content (AvgIpc) is 2.03. The molecule has 3 heteroatoms. The maximum Gasteiger partial charge on any atom is 0.259 e. The standard InChI is InChI=1S/C8H15NOS/c1-4-7-10-8(11)9(5-2)6-3/h4H,1,5-7H2,2-3H3. The van der Waals surface area contributed by atoms with E-state index in [1.54, 1.807) is 6.08 Å². The van der Waals surface area contributed by atoms with E-state index in [9.17, 15) is 0 Å². The maximum absolute atomic E-state index is 5.17. The molecule has 0 rings (SSSR count). The Labute approximate surface area is 73.8 Å². The van der Waals surface area contributed by atoms with Gasteiger partial charge in [-0.15, -0.1) is 0 Å². The third-order valence-corrected chi connectivity index (χ3v) is 1.72. The molecule has 0 saturated heterocycles. The summed E-state index contributed by atoms with van der Waals surface area (Å²) in [5.41, 5.74) is 0. The van der Waals surface area contributed by atoms with E-state index < -0.39 is 0 Å². The van der Waals surface area contributed by atoms with Crippen LogP contribution in [-0.4, -0.2) is 29.8 Å². The second-order valence-electron chi connectivity index (χ2n) is 2.04.